The van der Waals surface area contributed by atoms with E-state index in [1.165, 1.54) is 6.07 Å². The molecule has 1 aromatic rings. The summed E-state index contributed by atoms with van der Waals surface area (Å²) in [4.78, 5) is 10.3. The third-order valence-corrected chi connectivity index (χ3v) is 2.72. The molecule has 0 radical (unpaired) electrons. The minimum Gasteiger partial charge on any atom is -0.394 e. The lowest BCUT2D eigenvalue weighted by atomic mass is 10.0. The first-order valence-electron chi connectivity index (χ1n) is 5.34. The highest BCUT2D eigenvalue weighted by Crippen LogP contribution is 2.24. The van der Waals surface area contributed by atoms with Crippen molar-refractivity contribution < 1.29 is 20.2 Å². The van der Waals surface area contributed by atoms with Gasteiger partial charge in [0.2, 0.25) is 0 Å². The van der Waals surface area contributed by atoms with Crippen LogP contribution in [0.2, 0.25) is 0 Å². The Balaban J connectivity index is 3.04. The standard InChI is InChI=1S/C11H16N2O5/c1-8-2-3-9(4-10(8)13(17)18)12-11(5-14,6-15)7-16/h2-4,12,14-16H,5-7H2,1H3. The average Bonchev–Trinajstić information content (AvgIpc) is 2.38. The lowest BCUT2D eigenvalue weighted by molar-refractivity contribution is -0.385. The fourth-order valence-corrected chi connectivity index (χ4v) is 1.46. The predicted octanol–water partition coefficient (Wildman–Crippen LogP) is 0.0308. The van der Waals surface area contributed by atoms with Crippen LogP contribution < -0.4 is 5.32 Å². The van der Waals surface area contributed by atoms with Gasteiger partial charge in [0, 0.05) is 17.3 Å². The van der Waals surface area contributed by atoms with E-state index < -0.39 is 30.3 Å². The van der Waals surface area contributed by atoms with Gasteiger partial charge >= 0.3 is 0 Å². The van der Waals surface area contributed by atoms with Gasteiger partial charge in [-0.1, -0.05) is 6.07 Å². The van der Waals surface area contributed by atoms with E-state index in [4.69, 9.17) is 15.3 Å². The Morgan fingerprint density at radius 2 is 1.83 bits per heavy atom. The SMILES string of the molecule is Cc1ccc(NC(CO)(CO)CO)cc1[N+](=O)[O-]. The van der Waals surface area contributed by atoms with Crippen LogP contribution >= 0.6 is 0 Å². The van der Waals surface area contributed by atoms with E-state index in [2.05, 4.69) is 5.32 Å². The molecule has 18 heavy (non-hydrogen) atoms. The molecule has 0 heterocycles. The van der Waals surface area contributed by atoms with Crippen molar-refractivity contribution in [3.05, 3.63) is 33.9 Å². The van der Waals surface area contributed by atoms with E-state index in [-0.39, 0.29) is 5.69 Å². The van der Waals surface area contributed by atoms with Crippen LogP contribution in [-0.4, -0.2) is 45.6 Å². The van der Waals surface area contributed by atoms with E-state index in [0.29, 0.717) is 11.3 Å². The van der Waals surface area contributed by atoms with Gasteiger partial charge in [0.15, 0.2) is 0 Å². The number of hydrogen-bond donors (Lipinski definition) is 4. The fraction of sp³-hybridized carbons (Fsp3) is 0.455. The van der Waals surface area contributed by atoms with Crippen LogP contribution in [-0.2, 0) is 0 Å². The summed E-state index contributed by atoms with van der Waals surface area (Å²) >= 11 is 0. The average molecular weight is 256 g/mol. The number of nitro groups is 1. The van der Waals surface area contributed by atoms with Crippen LogP contribution in [0.25, 0.3) is 0 Å². The van der Waals surface area contributed by atoms with E-state index in [0.717, 1.165) is 0 Å². The zero-order valence-corrected chi connectivity index (χ0v) is 9.96. The molecule has 0 atom stereocenters. The molecule has 1 aromatic carbocycles. The van der Waals surface area contributed by atoms with Crippen molar-refractivity contribution in [2.45, 2.75) is 12.5 Å². The molecule has 0 aliphatic carbocycles. The van der Waals surface area contributed by atoms with Crippen molar-refractivity contribution in [3.63, 3.8) is 0 Å². The molecule has 0 bridgehead atoms. The molecule has 0 fully saturated rings. The second kappa shape index (κ2) is 5.76. The van der Waals surface area contributed by atoms with Crippen molar-refractivity contribution in [1.29, 1.82) is 0 Å². The Kier molecular flexibility index (Phi) is 4.60. The Morgan fingerprint density at radius 1 is 1.28 bits per heavy atom. The van der Waals surface area contributed by atoms with Gasteiger partial charge in [0.25, 0.3) is 5.69 Å². The van der Waals surface area contributed by atoms with Crippen molar-refractivity contribution >= 4 is 11.4 Å². The molecule has 0 saturated carbocycles. The molecule has 1 rings (SSSR count). The summed E-state index contributed by atoms with van der Waals surface area (Å²) in [6, 6.07) is 4.43. The van der Waals surface area contributed by atoms with Gasteiger partial charge in [-0.15, -0.1) is 0 Å². The Bertz CT molecular complexity index is 423. The minimum absolute atomic E-state index is 0.0669. The molecule has 7 nitrogen and oxygen atoms in total. The number of aliphatic hydroxyl groups excluding tert-OH is 3. The highest BCUT2D eigenvalue weighted by molar-refractivity contribution is 5.56. The quantitative estimate of drug-likeness (QED) is 0.421. The van der Waals surface area contributed by atoms with Gasteiger partial charge in [-0.25, -0.2) is 0 Å². The van der Waals surface area contributed by atoms with E-state index >= 15 is 0 Å². The van der Waals surface area contributed by atoms with Crippen LogP contribution in [0.1, 0.15) is 5.56 Å². The number of aryl methyl sites for hydroxylation is 1. The predicted molar refractivity (Wildman–Crippen MR) is 65.4 cm³/mol. The summed E-state index contributed by atoms with van der Waals surface area (Å²) in [5.41, 5.74) is -0.510. The minimum atomic E-state index is -1.30. The molecule has 0 saturated heterocycles. The maximum atomic E-state index is 10.8. The van der Waals surface area contributed by atoms with E-state index in [1.54, 1.807) is 19.1 Å². The molecule has 0 aliphatic heterocycles. The van der Waals surface area contributed by atoms with Gasteiger partial charge in [0.05, 0.1) is 24.7 Å². The van der Waals surface area contributed by atoms with Crippen LogP contribution in [0.15, 0.2) is 18.2 Å². The second-order valence-electron chi connectivity index (χ2n) is 4.14. The molecule has 100 valence electrons. The summed E-state index contributed by atoms with van der Waals surface area (Å²) < 4.78 is 0. The number of nitrogens with one attached hydrogen (secondary N) is 1. The molecule has 7 heteroatoms. The van der Waals surface area contributed by atoms with E-state index in [9.17, 15) is 10.1 Å². The first-order valence-corrected chi connectivity index (χ1v) is 5.34. The molecular formula is C11H16N2O5. The highest BCUT2D eigenvalue weighted by Gasteiger charge is 2.28. The second-order valence-corrected chi connectivity index (χ2v) is 4.14. The van der Waals surface area contributed by atoms with Crippen molar-refractivity contribution in [3.8, 4) is 0 Å². The monoisotopic (exact) mass is 256 g/mol. The number of hydrogen-bond acceptors (Lipinski definition) is 6. The molecule has 0 aliphatic rings. The number of nitro benzene ring substituents is 1. The topological polar surface area (TPSA) is 116 Å². The number of rotatable bonds is 6. The molecule has 4 N–H and O–H groups in total. The number of nitrogens with zero attached hydrogens (tertiary/aromatic N) is 1. The van der Waals surface area contributed by atoms with Crippen molar-refractivity contribution in [2.75, 3.05) is 25.1 Å². The van der Waals surface area contributed by atoms with Crippen LogP contribution in [0.3, 0.4) is 0 Å². The highest BCUT2D eigenvalue weighted by atomic mass is 16.6. The van der Waals surface area contributed by atoms with Gasteiger partial charge < -0.3 is 20.6 Å². The van der Waals surface area contributed by atoms with Crippen LogP contribution in [0, 0.1) is 17.0 Å². The maximum Gasteiger partial charge on any atom is 0.274 e. The Hall–Kier alpha value is -1.70. The van der Waals surface area contributed by atoms with Gasteiger partial charge in [-0.3, -0.25) is 10.1 Å². The maximum absolute atomic E-state index is 10.8. The third-order valence-electron chi connectivity index (χ3n) is 2.72. The lowest BCUT2D eigenvalue weighted by Gasteiger charge is -2.29. The summed E-state index contributed by atoms with van der Waals surface area (Å²) in [6.07, 6.45) is 0. The first-order chi connectivity index (χ1) is 8.48. The van der Waals surface area contributed by atoms with E-state index in [1.807, 2.05) is 0 Å². The van der Waals surface area contributed by atoms with Crippen LogP contribution in [0.4, 0.5) is 11.4 Å². The number of benzene rings is 1. The van der Waals surface area contributed by atoms with Gasteiger partial charge in [-0.2, -0.15) is 0 Å². The van der Waals surface area contributed by atoms with Gasteiger partial charge in [-0.05, 0) is 13.0 Å². The molecule has 0 amide bonds. The third kappa shape index (κ3) is 2.95. The summed E-state index contributed by atoms with van der Waals surface area (Å²) in [6.45, 7) is 0.115. The zero-order valence-electron chi connectivity index (χ0n) is 9.96. The summed E-state index contributed by atoms with van der Waals surface area (Å²) in [5.74, 6) is 0. The smallest absolute Gasteiger partial charge is 0.274 e. The molecular weight excluding hydrogens is 240 g/mol. The fourth-order valence-electron chi connectivity index (χ4n) is 1.46. The first kappa shape index (κ1) is 14.4. The van der Waals surface area contributed by atoms with Gasteiger partial charge in [0.1, 0.15) is 5.54 Å². The molecule has 0 unspecified atom stereocenters. The number of anilines is 1. The van der Waals surface area contributed by atoms with Crippen LogP contribution in [0.5, 0.6) is 0 Å². The molecule has 0 spiro atoms. The Morgan fingerprint density at radius 3 is 2.28 bits per heavy atom. The zero-order chi connectivity index (χ0) is 13.8. The van der Waals surface area contributed by atoms with Crippen molar-refractivity contribution in [2.24, 2.45) is 0 Å². The largest absolute Gasteiger partial charge is 0.394 e. The lowest BCUT2D eigenvalue weighted by Crippen LogP contribution is -2.49. The summed E-state index contributed by atoms with van der Waals surface area (Å²) in [7, 11) is 0. The number of aliphatic hydroxyl groups is 3. The molecule has 0 aromatic heterocycles. The van der Waals surface area contributed by atoms with Crippen molar-refractivity contribution in [1.82, 2.24) is 0 Å². The summed E-state index contributed by atoms with van der Waals surface area (Å²) in [5, 5.41) is 41.0. The normalized spacial score (nSPS) is 11.3. The Labute approximate surface area is 104 Å².